The lowest BCUT2D eigenvalue weighted by molar-refractivity contribution is 1.17. The van der Waals surface area contributed by atoms with Gasteiger partial charge in [-0.1, -0.05) is 115 Å². The molecule has 6 aromatic carbocycles. The molecule has 0 fully saturated rings. The van der Waals surface area contributed by atoms with Crippen molar-refractivity contribution in [1.29, 1.82) is 0 Å². The summed E-state index contributed by atoms with van der Waals surface area (Å²) in [4.78, 5) is 13.5. The van der Waals surface area contributed by atoms with Gasteiger partial charge in [0.1, 0.15) is 6.33 Å². The van der Waals surface area contributed by atoms with E-state index in [-0.39, 0.29) is 0 Å². The van der Waals surface area contributed by atoms with Gasteiger partial charge in [-0.15, -0.1) is 0 Å². The van der Waals surface area contributed by atoms with Crippen molar-refractivity contribution in [1.82, 2.24) is 15.0 Å². The van der Waals surface area contributed by atoms with Gasteiger partial charge < -0.3 is 0 Å². The smallest absolute Gasteiger partial charge is 0.115 e. The number of nitrogens with zero attached hydrogens (tertiary/aromatic N) is 3. The molecule has 0 bridgehead atoms. The van der Waals surface area contributed by atoms with Crippen LogP contribution in [0.5, 0.6) is 0 Å². The largest absolute Gasteiger partial charge is 0.248 e. The predicted molar refractivity (Wildman–Crippen MR) is 182 cm³/mol. The van der Waals surface area contributed by atoms with Gasteiger partial charge in [-0.25, -0.2) is 15.0 Å². The Morgan fingerprint density at radius 1 is 0.295 bits per heavy atom. The van der Waals surface area contributed by atoms with E-state index in [0.717, 1.165) is 55.9 Å². The average molecular weight is 562 g/mol. The van der Waals surface area contributed by atoms with Crippen molar-refractivity contribution in [3.63, 3.8) is 0 Å². The molecule has 0 saturated carbocycles. The van der Waals surface area contributed by atoms with Crippen LogP contribution < -0.4 is 0 Å². The molecular weight excluding hydrogens is 534 g/mol. The molecule has 0 saturated heterocycles. The highest BCUT2D eigenvalue weighted by Crippen LogP contribution is 2.34. The summed E-state index contributed by atoms with van der Waals surface area (Å²) in [5, 5.41) is 4.86. The van der Waals surface area contributed by atoms with Crippen LogP contribution >= 0.6 is 0 Å². The van der Waals surface area contributed by atoms with Gasteiger partial charge in [-0.05, 0) is 79.7 Å². The highest BCUT2D eigenvalue weighted by atomic mass is 14.8. The Labute approximate surface area is 256 Å². The zero-order valence-electron chi connectivity index (χ0n) is 23.9. The van der Waals surface area contributed by atoms with Gasteiger partial charge in [0.2, 0.25) is 0 Å². The first-order chi connectivity index (χ1) is 21.8. The second-order valence-corrected chi connectivity index (χ2v) is 11.0. The number of aromatic nitrogens is 3. The summed E-state index contributed by atoms with van der Waals surface area (Å²) in [5.74, 6) is 0. The zero-order chi connectivity index (χ0) is 29.3. The summed E-state index contributed by atoms with van der Waals surface area (Å²) >= 11 is 0. The lowest BCUT2D eigenvalue weighted by atomic mass is 9.95. The van der Waals surface area contributed by atoms with Crippen LogP contribution in [0.15, 0.2) is 164 Å². The summed E-state index contributed by atoms with van der Waals surface area (Å²) in [6.45, 7) is 0. The molecule has 2 aromatic heterocycles. The average Bonchev–Trinajstić information content (AvgIpc) is 3.11. The van der Waals surface area contributed by atoms with Crippen LogP contribution in [-0.4, -0.2) is 15.0 Å². The third-order valence-corrected chi connectivity index (χ3v) is 8.22. The fraction of sp³-hybridized carbons (Fsp3) is 0. The van der Waals surface area contributed by atoms with Gasteiger partial charge in [0.05, 0.1) is 11.4 Å². The third kappa shape index (κ3) is 5.01. The molecule has 3 heteroatoms. The number of hydrogen-bond acceptors (Lipinski definition) is 3. The molecule has 206 valence electrons. The van der Waals surface area contributed by atoms with Crippen LogP contribution in [0.3, 0.4) is 0 Å². The first kappa shape index (κ1) is 25.8. The fourth-order valence-electron chi connectivity index (χ4n) is 5.87. The van der Waals surface area contributed by atoms with Gasteiger partial charge in [0, 0.05) is 29.1 Å². The molecule has 0 atom stereocenters. The minimum absolute atomic E-state index is 0.955. The summed E-state index contributed by atoms with van der Waals surface area (Å²) in [5.41, 5.74) is 10.8. The van der Waals surface area contributed by atoms with E-state index in [2.05, 4.69) is 156 Å². The molecule has 0 aliphatic rings. The molecule has 0 aliphatic heterocycles. The summed E-state index contributed by atoms with van der Waals surface area (Å²) in [6.07, 6.45) is 5.23. The van der Waals surface area contributed by atoms with Crippen molar-refractivity contribution in [2.75, 3.05) is 0 Å². The van der Waals surface area contributed by atoms with Gasteiger partial charge in [-0.2, -0.15) is 0 Å². The highest BCUT2D eigenvalue weighted by Gasteiger charge is 2.12. The summed E-state index contributed by atoms with van der Waals surface area (Å²) < 4.78 is 0. The number of benzene rings is 6. The highest BCUT2D eigenvalue weighted by molar-refractivity contribution is 5.90. The Morgan fingerprint density at radius 3 is 1.34 bits per heavy atom. The summed E-state index contributed by atoms with van der Waals surface area (Å²) in [7, 11) is 0. The maximum absolute atomic E-state index is 5.22. The van der Waals surface area contributed by atoms with E-state index in [1.165, 1.54) is 21.5 Å². The van der Waals surface area contributed by atoms with E-state index >= 15 is 0 Å². The second-order valence-electron chi connectivity index (χ2n) is 11.0. The fourth-order valence-corrected chi connectivity index (χ4v) is 5.87. The van der Waals surface area contributed by atoms with Crippen molar-refractivity contribution < 1.29 is 0 Å². The normalized spacial score (nSPS) is 11.2. The van der Waals surface area contributed by atoms with Gasteiger partial charge in [0.15, 0.2) is 0 Å². The van der Waals surface area contributed by atoms with E-state index in [4.69, 9.17) is 4.98 Å². The van der Waals surface area contributed by atoms with Crippen molar-refractivity contribution in [3.05, 3.63) is 164 Å². The first-order valence-corrected chi connectivity index (χ1v) is 14.7. The van der Waals surface area contributed by atoms with Crippen LogP contribution in [0.4, 0.5) is 0 Å². The maximum atomic E-state index is 5.22. The Hall–Kier alpha value is -5.93. The van der Waals surface area contributed by atoms with E-state index in [1.54, 1.807) is 6.33 Å². The van der Waals surface area contributed by atoms with Crippen LogP contribution in [0.1, 0.15) is 0 Å². The molecule has 0 N–H and O–H groups in total. The summed E-state index contributed by atoms with van der Waals surface area (Å²) in [6, 6.07) is 51.9. The van der Waals surface area contributed by atoms with Crippen LogP contribution in [0.25, 0.3) is 77.4 Å². The number of fused-ring (bicyclic) bond motifs is 2. The quantitative estimate of drug-likeness (QED) is 0.210. The van der Waals surface area contributed by atoms with E-state index in [0.29, 0.717) is 0 Å². The van der Waals surface area contributed by atoms with E-state index < -0.39 is 0 Å². The number of pyridine rings is 1. The van der Waals surface area contributed by atoms with Crippen LogP contribution in [0.2, 0.25) is 0 Å². The topological polar surface area (TPSA) is 38.7 Å². The number of rotatable bonds is 5. The Balaban J connectivity index is 1.24. The zero-order valence-corrected chi connectivity index (χ0v) is 23.9. The SMILES string of the molecule is c1cc(-c2ccc(-c3cncnc3)cc2)cc(-c2cc(-c3ccc4ccccc4c3)nc(-c3ccc4ccccc4c3)c2)c1. The minimum atomic E-state index is 0.955. The first-order valence-electron chi connectivity index (χ1n) is 14.7. The molecule has 0 unspecified atom stereocenters. The molecule has 8 rings (SSSR count). The molecule has 0 aliphatic carbocycles. The molecule has 0 radical (unpaired) electrons. The third-order valence-electron chi connectivity index (χ3n) is 8.22. The minimum Gasteiger partial charge on any atom is -0.248 e. The van der Waals surface area contributed by atoms with Crippen molar-refractivity contribution >= 4 is 21.5 Å². The molecule has 44 heavy (non-hydrogen) atoms. The van der Waals surface area contributed by atoms with E-state index in [1.807, 2.05) is 12.4 Å². The van der Waals surface area contributed by atoms with E-state index in [9.17, 15) is 0 Å². The van der Waals surface area contributed by atoms with Gasteiger partial charge >= 0.3 is 0 Å². The standard InChI is InChI=1S/C41H27N3/c1-3-8-32-21-36(18-16-28(32)6-1)40-23-38(24-41(44-40)37-19-17-29-7-2-4-9-33(29)22-37)35-11-5-10-34(20-35)30-12-14-31(15-13-30)39-25-42-27-43-26-39/h1-27H. The Morgan fingerprint density at radius 2 is 0.773 bits per heavy atom. The van der Waals surface area contributed by atoms with Crippen molar-refractivity contribution in [2.45, 2.75) is 0 Å². The lowest BCUT2D eigenvalue weighted by Crippen LogP contribution is -1.92. The maximum Gasteiger partial charge on any atom is 0.115 e. The van der Waals surface area contributed by atoms with Gasteiger partial charge in [0.25, 0.3) is 0 Å². The molecule has 8 aromatic rings. The van der Waals surface area contributed by atoms with Crippen LogP contribution in [-0.2, 0) is 0 Å². The molecule has 3 nitrogen and oxygen atoms in total. The monoisotopic (exact) mass is 561 g/mol. The molecule has 0 amide bonds. The molecule has 2 heterocycles. The Bertz CT molecular complexity index is 2170. The Kier molecular flexibility index (Phi) is 6.47. The molecular formula is C41H27N3. The van der Waals surface area contributed by atoms with Crippen LogP contribution in [0, 0.1) is 0 Å². The number of hydrogen-bond donors (Lipinski definition) is 0. The lowest BCUT2D eigenvalue weighted by Gasteiger charge is -2.13. The second kappa shape index (κ2) is 11.0. The van der Waals surface area contributed by atoms with Gasteiger partial charge in [-0.3, -0.25) is 0 Å². The molecule has 0 spiro atoms. The predicted octanol–water partition coefficient (Wildman–Crippen LogP) is 10.5. The van der Waals surface area contributed by atoms with Crippen molar-refractivity contribution in [2.24, 2.45) is 0 Å². The van der Waals surface area contributed by atoms with Crippen molar-refractivity contribution in [3.8, 4) is 55.9 Å².